The predicted molar refractivity (Wildman–Crippen MR) is 190 cm³/mol. The van der Waals surface area contributed by atoms with Gasteiger partial charge in [-0.05, 0) is 78.7 Å². The van der Waals surface area contributed by atoms with E-state index in [1.165, 1.54) is 11.0 Å². The van der Waals surface area contributed by atoms with Crippen LogP contribution < -0.4 is 16.0 Å². The molecule has 4 atom stereocenters. The summed E-state index contributed by atoms with van der Waals surface area (Å²) in [4.78, 5) is 80.8. The molecule has 2 aliphatic rings. The maximum atomic E-state index is 14.0. The number of amides is 4. The van der Waals surface area contributed by atoms with E-state index in [1.54, 1.807) is 65.8 Å². The standard InChI is InChI=1S/C36H52N4O11S/c1-35(2,3)50-28(41)20-25(17-19-52(7,47)48)37-32(44)27-14-11-18-40(27)33(45)30(24-15-16-24)39-31(43)26(21-29(42)51-36(4,5)6)38-34(46)49-22-23-12-9-8-10-13-23/h8-10,12-13,17,19,24-27,30H,11,14-16,18,20-22H2,1-7H3,(H,37,44)(H,38,46)(H,39,43)/b19-17+/t25-,26+,27-,30-/m1/s1. The third-order valence-corrected chi connectivity index (χ3v) is 8.45. The summed E-state index contributed by atoms with van der Waals surface area (Å²) in [6, 6.07) is 4.34. The molecule has 16 heteroatoms. The highest BCUT2D eigenvalue weighted by Gasteiger charge is 2.45. The van der Waals surface area contributed by atoms with E-state index in [0.717, 1.165) is 11.7 Å². The van der Waals surface area contributed by atoms with Crippen LogP contribution in [0.2, 0.25) is 0 Å². The van der Waals surface area contributed by atoms with Crippen LogP contribution in [0.3, 0.4) is 0 Å². The van der Waals surface area contributed by atoms with Gasteiger partial charge in [-0.3, -0.25) is 24.0 Å². The molecule has 15 nitrogen and oxygen atoms in total. The minimum atomic E-state index is -3.59. The molecule has 0 unspecified atom stereocenters. The first kappa shape index (κ1) is 41.9. The maximum absolute atomic E-state index is 14.0. The second kappa shape index (κ2) is 17.8. The van der Waals surface area contributed by atoms with Gasteiger partial charge in [0.15, 0.2) is 9.84 Å². The molecule has 2 fully saturated rings. The first-order chi connectivity index (χ1) is 24.1. The Kier molecular flexibility index (Phi) is 14.4. The van der Waals surface area contributed by atoms with Crippen molar-refractivity contribution >= 4 is 45.6 Å². The van der Waals surface area contributed by atoms with Gasteiger partial charge >= 0.3 is 18.0 Å². The van der Waals surface area contributed by atoms with E-state index in [-0.39, 0.29) is 31.9 Å². The van der Waals surface area contributed by atoms with Gasteiger partial charge in [0.25, 0.3) is 0 Å². The summed E-state index contributed by atoms with van der Waals surface area (Å²) >= 11 is 0. The molecule has 1 heterocycles. The van der Waals surface area contributed by atoms with Crippen molar-refractivity contribution in [1.29, 1.82) is 0 Å². The number of carbonyl (C=O) groups excluding carboxylic acids is 6. The van der Waals surface area contributed by atoms with E-state index >= 15 is 0 Å². The smallest absolute Gasteiger partial charge is 0.408 e. The first-order valence-electron chi connectivity index (χ1n) is 17.3. The molecule has 0 spiro atoms. The number of hydrogen-bond acceptors (Lipinski definition) is 11. The Balaban J connectivity index is 1.75. The summed E-state index contributed by atoms with van der Waals surface area (Å²) in [7, 11) is -3.59. The molecule has 52 heavy (non-hydrogen) atoms. The highest BCUT2D eigenvalue weighted by Crippen LogP contribution is 2.35. The van der Waals surface area contributed by atoms with Gasteiger partial charge in [-0.25, -0.2) is 13.2 Å². The first-order valence-corrected chi connectivity index (χ1v) is 19.3. The lowest BCUT2D eigenvalue weighted by Crippen LogP contribution is -2.58. The average molecular weight is 749 g/mol. The lowest BCUT2D eigenvalue weighted by atomic mass is 10.1. The Morgan fingerprint density at radius 3 is 2.02 bits per heavy atom. The molecule has 4 amide bonds. The summed E-state index contributed by atoms with van der Waals surface area (Å²) in [6.07, 6.45) is 2.33. The van der Waals surface area contributed by atoms with Crippen LogP contribution in [0.1, 0.15) is 85.6 Å². The van der Waals surface area contributed by atoms with Crippen LogP contribution in [0, 0.1) is 5.92 Å². The van der Waals surface area contributed by atoms with Gasteiger partial charge < -0.3 is 35.1 Å². The summed E-state index contributed by atoms with van der Waals surface area (Å²) in [6.45, 7) is 10.1. The van der Waals surface area contributed by atoms with Crippen molar-refractivity contribution < 1.29 is 51.4 Å². The van der Waals surface area contributed by atoms with Gasteiger partial charge in [-0.2, -0.15) is 0 Å². The van der Waals surface area contributed by atoms with Gasteiger partial charge in [0.05, 0.1) is 18.9 Å². The van der Waals surface area contributed by atoms with E-state index in [0.29, 0.717) is 24.8 Å². The van der Waals surface area contributed by atoms with Crippen LogP contribution in [0.25, 0.3) is 0 Å². The van der Waals surface area contributed by atoms with Crippen LogP contribution in [0.5, 0.6) is 0 Å². The van der Waals surface area contributed by atoms with E-state index < -0.39 is 87.4 Å². The van der Waals surface area contributed by atoms with Crippen molar-refractivity contribution in [3.05, 3.63) is 47.4 Å². The topological polar surface area (TPSA) is 204 Å². The number of likely N-dealkylation sites (tertiary alicyclic amines) is 1. The summed E-state index contributed by atoms with van der Waals surface area (Å²) in [5.74, 6) is -3.60. The molecule has 3 N–H and O–H groups in total. The van der Waals surface area contributed by atoms with E-state index in [9.17, 15) is 37.2 Å². The van der Waals surface area contributed by atoms with Gasteiger partial charge in [-0.1, -0.05) is 36.4 Å². The zero-order valence-electron chi connectivity index (χ0n) is 30.9. The number of nitrogens with one attached hydrogen (secondary N) is 3. The number of sulfone groups is 1. The Bertz CT molecular complexity index is 1600. The number of alkyl carbamates (subject to hydrolysis) is 1. The molecule has 1 aromatic rings. The van der Waals surface area contributed by atoms with E-state index in [2.05, 4.69) is 16.0 Å². The summed E-state index contributed by atoms with van der Waals surface area (Å²) in [5, 5.41) is 8.70. The Morgan fingerprint density at radius 2 is 1.46 bits per heavy atom. The number of carbonyl (C=O) groups is 6. The van der Waals surface area contributed by atoms with Crippen molar-refractivity contribution in [3.63, 3.8) is 0 Å². The average Bonchev–Trinajstić information content (AvgIpc) is 3.73. The van der Waals surface area contributed by atoms with Crippen LogP contribution in [-0.4, -0.2) is 97.2 Å². The van der Waals surface area contributed by atoms with E-state index in [1.807, 2.05) is 6.07 Å². The fourth-order valence-electron chi connectivity index (χ4n) is 5.46. The normalized spacial score (nSPS) is 18.1. The molecule has 0 radical (unpaired) electrons. The third kappa shape index (κ3) is 15.0. The minimum Gasteiger partial charge on any atom is -0.460 e. The van der Waals surface area contributed by atoms with Crippen LogP contribution in [-0.2, 0) is 54.6 Å². The van der Waals surface area contributed by atoms with E-state index in [4.69, 9.17) is 14.2 Å². The fraction of sp³-hybridized carbons (Fsp3) is 0.611. The lowest BCUT2D eigenvalue weighted by molar-refractivity contribution is -0.157. The second-order valence-corrected chi connectivity index (χ2v) is 17.1. The zero-order chi connectivity index (χ0) is 38.9. The molecule has 1 aliphatic carbocycles. The minimum absolute atomic E-state index is 0.0856. The van der Waals surface area contributed by atoms with Gasteiger partial charge in [-0.15, -0.1) is 0 Å². The van der Waals surface area contributed by atoms with Crippen molar-refractivity contribution in [2.24, 2.45) is 5.92 Å². The molecular weight excluding hydrogens is 696 g/mol. The Hall–Kier alpha value is -4.47. The molecule has 1 aromatic carbocycles. The molecule has 0 bridgehead atoms. The van der Waals surface area contributed by atoms with Gasteiger partial charge in [0.2, 0.25) is 17.7 Å². The van der Waals surface area contributed by atoms with Crippen LogP contribution >= 0.6 is 0 Å². The Labute approximate surface area is 305 Å². The lowest BCUT2D eigenvalue weighted by Gasteiger charge is -2.30. The van der Waals surface area contributed by atoms with Crippen LogP contribution in [0.4, 0.5) is 4.79 Å². The van der Waals surface area contributed by atoms with Crippen molar-refractivity contribution in [2.45, 2.75) is 122 Å². The second-order valence-electron chi connectivity index (χ2n) is 15.1. The number of rotatable bonds is 15. The molecular formula is C36H52N4O11S. The molecule has 1 aliphatic heterocycles. The third-order valence-electron chi connectivity index (χ3n) is 7.80. The molecule has 3 rings (SSSR count). The van der Waals surface area contributed by atoms with Gasteiger partial charge in [0, 0.05) is 18.2 Å². The quantitative estimate of drug-likeness (QED) is 0.176. The number of benzene rings is 1. The highest BCUT2D eigenvalue weighted by molar-refractivity contribution is 7.93. The fourth-order valence-corrected chi connectivity index (χ4v) is 5.93. The Morgan fingerprint density at radius 1 is 0.865 bits per heavy atom. The van der Waals surface area contributed by atoms with Crippen LogP contribution in [0.15, 0.2) is 41.8 Å². The van der Waals surface area contributed by atoms with Crippen molar-refractivity contribution in [2.75, 3.05) is 12.8 Å². The monoisotopic (exact) mass is 748 g/mol. The van der Waals surface area contributed by atoms with Crippen molar-refractivity contribution in [1.82, 2.24) is 20.9 Å². The summed E-state index contributed by atoms with van der Waals surface area (Å²) in [5.41, 5.74) is -0.972. The zero-order valence-corrected chi connectivity index (χ0v) is 31.7. The number of ether oxygens (including phenoxy) is 3. The highest BCUT2D eigenvalue weighted by atomic mass is 32.2. The molecule has 0 aromatic heterocycles. The SMILES string of the molecule is CC(C)(C)OC(=O)C[C@@H](/C=C/S(C)(=O)=O)NC(=O)[C@H]1CCCN1C(=O)[C@H](NC(=O)[C@H](CC(=O)OC(C)(C)C)NC(=O)OCc1ccccc1)C1CC1. The number of esters is 2. The molecule has 1 saturated carbocycles. The predicted octanol–water partition coefficient (Wildman–Crippen LogP) is 2.67. The number of hydrogen-bond donors (Lipinski definition) is 3. The van der Waals surface area contributed by atoms with Gasteiger partial charge in [0.1, 0.15) is 35.9 Å². The largest absolute Gasteiger partial charge is 0.460 e. The maximum Gasteiger partial charge on any atom is 0.408 e. The van der Waals surface area contributed by atoms with Crippen molar-refractivity contribution in [3.8, 4) is 0 Å². The summed E-state index contributed by atoms with van der Waals surface area (Å²) < 4.78 is 39.7. The number of nitrogens with zero attached hydrogens (tertiary/aromatic N) is 1. The molecule has 1 saturated heterocycles. The molecule has 288 valence electrons.